The van der Waals surface area contributed by atoms with Gasteiger partial charge in [0.1, 0.15) is 6.61 Å². The number of ether oxygens (including phenoxy) is 4. The van der Waals surface area contributed by atoms with E-state index in [0.717, 1.165) is 6.54 Å². The third kappa shape index (κ3) is 17.3. The summed E-state index contributed by atoms with van der Waals surface area (Å²) in [6.07, 6.45) is 0. The Hall–Kier alpha value is -0.730. The highest BCUT2D eigenvalue weighted by atomic mass is 16.6. The Morgan fingerprint density at radius 2 is 1.26 bits per heavy atom. The first-order chi connectivity index (χ1) is 9.13. The zero-order chi connectivity index (χ0) is 14.3. The number of likely N-dealkylation sites (N-methyl/N-ethyl adjacent to an activating group) is 1. The van der Waals surface area contributed by atoms with E-state index in [1.54, 1.807) is 0 Å². The summed E-state index contributed by atoms with van der Waals surface area (Å²) in [5, 5.41) is 8.30. The highest BCUT2D eigenvalue weighted by molar-refractivity contribution is 5.67. The molecule has 0 aliphatic rings. The molecule has 0 unspecified atom stereocenters. The third-order valence-corrected chi connectivity index (χ3v) is 2.02. The monoisotopic (exact) mass is 279 g/mol. The summed E-state index contributed by atoms with van der Waals surface area (Å²) in [4.78, 5) is 12.2. The van der Waals surface area contributed by atoms with Gasteiger partial charge >= 0.3 is 5.97 Å². The summed E-state index contributed by atoms with van der Waals surface area (Å²) in [6, 6.07) is 0. The van der Waals surface area contributed by atoms with Crippen molar-refractivity contribution >= 4 is 5.97 Å². The van der Waals surface area contributed by atoms with Crippen LogP contribution in [0, 0.1) is 0 Å². The predicted octanol–water partition coefficient (Wildman–Crippen LogP) is -0.301. The van der Waals surface area contributed by atoms with Crippen LogP contribution in [0.5, 0.6) is 0 Å². The fourth-order valence-electron chi connectivity index (χ4n) is 1.07. The lowest BCUT2D eigenvalue weighted by Gasteiger charge is -2.10. The smallest absolute Gasteiger partial charge is 0.329 e. The van der Waals surface area contributed by atoms with Crippen molar-refractivity contribution in [2.45, 2.75) is 0 Å². The molecule has 0 heterocycles. The van der Waals surface area contributed by atoms with Crippen molar-refractivity contribution < 1.29 is 28.8 Å². The Morgan fingerprint density at radius 3 is 1.68 bits per heavy atom. The molecule has 0 atom stereocenters. The zero-order valence-electron chi connectivity index (χ0n) is 11.8. The van der Waals surface area contributed by atoms with Crippen LogP contribution in [-0.4, -0.2) is 89.5 Å². The molecule has 0 saturated heterocycles. The standard InChI is InChI=1S/C12H25NO6/c1-13(2)3-4-16-5-6-17-7-8-18-9-10-19-11-12(14)15/h3-11H2,1-2H3,(H,14,15). The second kappa shape index (κ2) is 13.7. The maximum atomic E-state index is 10.1. The van der Waals surface area contributed by atoms with E-state index in [0.29, 0.717) is 39.6 Å². The maximum absolute atomic E-state index is 10.1. The summed E-state index contributed by atoms with van der Waals surface area (Å²) < 4.78 is 20.6. The molecular weight excluding hydrogens is 254 g/mol. The van der Waals surface area contributed by atoms with Crippen molar-refractivity contribution in [1.82, 2.24) is 4.90 Å². The molecule has 0 saturated carbocycles. The number of carboxylic acid groups (broad SMARTS) is 1. The molecule has 0 aromatic carbocycles. The molecule has 0 amide bonds. The van der Waals surface area contributed by atoms with Crippen molar-refractivity contribution in [2.24, 2.45) is 0 Å². The Kier molecular flexibility index (Phi) is 13.2. The molecule has 0 rings (SSSR count). The van der Waals surface area contributed by atoms with Crippen LogP contribution in [0.15, 0.2) is 0 Å². The van der Waals surface area contributed by atoms with Crippen molar-refractivity contribution in [3.63, 3.8) is 0 Å². The van der Waals surface area contributed by atoms with Crippen LogP contribution < -0.4 is 0 Å². The minimum absolute atomic E-state index is 0.278. The fourth-order valence-corrected chi connectivity index (χ4v) is 1.07. The Bertz CT molecular complexity index is 212. The van der Waals surface area contributed by atoms with Gasteiger partial charge in [-0.3, -0.25) is 0 Å². The van der Waals surface area contributed by atoms with Crippen molar-refractivity contribution in [1.29, 1.82) is 0 Å². The average molecular weight is 279 g/mol. The number of nitrogens with zero attached hydrogens (tertiary/aromatic N) is 1. The minimum atomic E-state index is -0.974. The molecule has 114 valence electrons. The molecule has 7 nitrogen and oxygen atoms in total. The van der Waals surface area contributed by atoms with E-state index in [1.165, 1.54) is 0 Å². The van der Waals surface area contributed by atoms with E-state index in [2.05, 4.69) is 4.90 Å². The molecule has 0 aliphatic carbocycles. The number of hydrogen-bond donors (Lipinski definition) is 1. The quantitative estimate of drug-likeness (QED) is 0.437. The second-order valence-electron chi connectivity index (χ2n) is 4.09. The fraction of sp³-hybridized carbons (Fsp3) is 0.917. The molecule has 0 aliphatic heterocycles. The van der Waals surface area contributed by atoms with Gasteiger partial charge in [0.05, 0.1) is 46.2 Å². The molecule has 0 spiro atoms. The van der Waals surface area contributed by atoms with Gasteiger partial charge in [-0.05, 0) is 14.1 Å². The molecule has 0 fully saturated rings. The summed E-state index contributed by atoms with van der Waals surface area (Å²) in [5.74, 6) is -0.974. The lowest BCUT2D eigenvalue weighted by atomic mass is 10.6. The number of hydrogen-bond acceptors (Lipinski definition) is 6. The highest BCUT2D eigenvalue weighted by Gasteiger charge is 1.96. The van der Waals surface area contributed by atoms with E-state index in [4.69, 9.17) is 24.1 Å². The molecule has 0 radical (unpaired) electrons. The lowest BCUT2D eigenvalue weighted by molar-refractivity contribution is -0.142. The topological polar surface area (TPSA) is 77.5 Å². The van der Waals surface area contributed by atoms with Crippen LogP contribution in [0.3, 0.4) is 0 Å². The van der Waals surface area contributed by atoms with Gasteiger partial charge in [0.15, 0.2) is 0 Å². The number of rotatable bonds is 14. The van der Waals surface area contributed by atoms with Crippen LogP contribution >= 0.6 is 0 Å². The van der Waals surface area contributed by atoms with E-state index in [-0.39, 0.29) is 13.2 Å². The SMILES string of the molecule is CN(C)CCOCCOCCOCCOCC(=O)O. The maximum Gasteiger partial charge on any atom is 0.329 e. The molecule has 7 heteroatoms. The van der Waals surface area contributed by atoms with Gasteiger partial charge in [-0.25, -0.2) is 4.79 Å². The van der Waals surface area contributed by atoms with Crippen LogP contribution in [-0.2, 0) is 23.7 Å². The first kappa shape index (κ1) is 18.3. The largest absolute Gasteiger partial charge is 0.480 e. The van der Waals surface area contributed by atoms with Gasteiger partial charge in [-0.1, -0.05) is 0 Å². The van der Waals surface area contributed by atoms with E-state index in [1.807, 2.05) is 14.1 Å². The predicted molar refractivity (Wildman–Crippen MR) is 69.5 cm³/mol. The van der Waals surface area contributed by atoms with E-state index < -0.39 is 5.97 Å². The van der Waals surface area contributed by atoms with Gasteiger partial charge in [-0.2, -0.15) is 0 Å². The van der Waals surface area contributed by atoms with E-state index in [9.17, 15) is 4.79 Å². The average Bonchev–Trinajstić information content (AvgIpc) is 2.34. The molecule has 0 bridgehead atoms. The Labute approximate surface area is 114 Å². The summed E-state index contributed by atoms with van der Waals surface area (Å²) >= 11 is 0. The summed E-state index contributed by atoms with van der Waals surface area (Å²) in [5.41, 5.74) is 0. The summed E-state index contributed by atoms with van der Waals surface area (Å²) in [7, 11) is 3.99. The van der Waals surface area contributed by atoms with Gasteiger partial charge in [-0.15, -0.1) is 0 Å². The molecule has 0 aromatic heterocycles. The van der Waals surface area contributed by atoms with Gasteiger partial charge in [0.2, 0.25) is 0 Å². The minimum Gasteiger partial charge on any atom is -0.480 e. The molecule has 0 aromatic rings. The number of aliphatic carboxylic acids is 1. The number of carboxylic acids is 1. The Balaban J connectivity index is 2.97. The van der Waals surface area contributed by atoms with Gasteiger partial charge in [0, 0.05) is 6.54 Å². The normalized spacial score (nSPS) is 11.1. The number of carbonyl (C=O) groups is 1. The van der Waals surface area contributed by atoms with Crippen molar-refractivity contribution in [3.05, 3.63) is 0 Å². The lowest BCUT2D eigenvalue weighted by Crippen LogP contribution is -2.19. The second-order valence-corrected chi connectivity index (χ2v) is 4.09. The molecule has 1 N–H and O–H groups in total. The van der Waals surface area contributed by atoms with Gasteiger partial charge in [0.25, 0.3) is 0 Å². The van der Waals surface area contributed by atoms with E-state index >= 15 is 0 Å². The highest BCUT2D eigenvalue weighted by Crippen LogP contribution is 1.83. The third-order valence-electron chi connectivity index (χ3n) is 2.02. The van der Waals surface area contributed by atoms with Crippen molar-refractivity contribution in [2.75, 3.05) is 73.5 Å². The van der Waals surface area contributed by atoms with Crippen LogP contribution in [0.4, 0.5) is 0 Å². The molecule has 19 heavy (non-hydrogen) atoms. The first-order valence-corrected chi connectivity index (χ1v) is 6.30. The van der Waals surface area contributed by atoms with Gasteiger partial charge < -0.3 is 29.0 Å². The van der Waals surface area contributed by atoms with Crippen LogP contribution in [0.2, 0.25) is 0 Å². The van der Waals surface area contributed by atoms with Crippen LogP contribution in [0.1, 0.15) is 0 Å². The zero-order valence-corrected chi connectivity index (χ0v) is 11.8. The Morgan fingerprint density at radius 1 is 0.842 bits per heavy atom. The molecular formula is C12H25NO6. The first-order valence-electron chi connectivity index (χ1n) is 6.30. The van der Waals surface area contributed by atoms with Crippen LogP contribution in [0.25, 0.3) is 0 Å². The summed E-state index contributed by atoms with van der Waals surface area (Å²) in [6.45, 7) is 4.05. The van der Waals surface area contributed by atoms with Crippen molar-refractivity contribution in [3.8, 4) is 0 Å².